The lowest BCUT2D eigenvalue weighted by Gasteiger charge is -2.34. The highest BCUT2D eigenvalue weighted by atomic mass is 19.4. The number of methoxy groups -OCH3 is 1. The Bertz CT molecular complexity index is 1060. The number of alkyl halides is 3. The molecule has 30 heavy (non-hydrogen) atoms. The van der Waals surface area contributed by atoms with Gasteiger partial charge in [0.05, 0.1) is 7.11 Å². The normalized spacial score (nSPS) is 13.5. The number of nitrogens with one attached hydrogen (secondary N) is 2. The first-order valence-corrected chi connectivity index (χ1v) is 8.92. The van der Waals surface area contributed by atoms with Gasteiger partial charge in [-0.3, -0.25) is 5.32 Å². The number of carbonyl (C=O) groups is 2. The summed E-state index contributed by atoms with van der Waals surface area (Å²) in [5.74, 6) is -1.68. The van der Waals surface area contributed by atoms with E-state index in [1.54, 1.807) is 47.8 Å². The van der Waals surface area contributed by atoms with Gasteiger partial charge < -0.3 is 14.5 Å². The predicted molar refractivity (Wildman–Crippen MR) is 103 cm³/mol. The highest BCUT2D eigenvalue weighted by Crippen LogP contribution is 2.44. The van der Waals surface area contributed by atoms with Crippen LogP contribution in [0.25, 0.3) is 10.9 Å². The number of hydrogen-bond acceptors (Lipinski definition) is 4. The average Bonchev–Trinajstić information content (AvgIpc) is 3.05. The van der Waals surface area contributed by atoms with E-state index in [1.165, 1.54) is 19.1 Å². The Balaban J connectivity index is 2.07. The molecule has 0 radical (unpaired) electrons. The number of ether oxygens (including phenoxy) is 2. The first-order chi connectivity index (χ1) is 14.2. The summed E-state index contributed by atoms with van der Waals surface area (Å²) in [6.45, 7) is 1.12. The molecule has 2 N–H and O–H groups in total. The SMILES string of the molecule is COC(=O)[C@](NC(=O)OCc1ccccc1)(c1c(C)[nH]c2ccccc12)C(F)(F)F. The van der Waals surface area contributed by atoms with Crippen molar-refractivity contribution in [2.75, 3.05) is 7.11 Å². The Morgan fingerprint density at radius 2 is 1.67 bits per heavy atom. The molecule has 0 unspecified atom stereocenters. The number of halogens is 3. The van der Waals surface area contributed by atoms with Crippen LogP contribution in [0, 0.1) is 6.92 Å². The molecule has 0 bridgehead atoms. The summed E-state index contributed by atoms with van der Waals surface area (Å²) in [6, 6.07) is 14.6. The Hall–Kier alpha value is -3.49. The monoisotopic (exact) mass is 420 g/mol. The second-order valence-electron chi connectivity index (χ2n) is 6.60. The summed E-state index contributed by atoms with van der Waals surface area (Å²) in [7, 11) is 0.823. The molecule has 0 aliphatic heterocycles. The maximum Gasteiger partial charge on any atom is 0.427 e. The number of alkyl carbamates (subject to hydrolysis) is 1. The molecule has 9 heteroatoms. The van der Waals surface area contributed by atoms with Crippen LogP contribution in [0.2, 0.25) is 0 Å². The van der Waals surface area contributed by atoms with Crippen LogP contribution in [0.3, 0.4) is 0 Å². The Kier molecular flexibility index (Phi) is 5.73. The van der Waals surface area contributed by atoms with Crippen molar-refractivity contribution < 1.29 is 32.2 Å². The van der Waals surface area contributed by atoms with Gasteiger partial charge in [-0.1, -0.05) is 48.5 Å². The lowest BCUT2D eigenvalue weighted by molar-refractivity contribution is -0.213. The van der Waals surface area contributed by atoms with E-state index in [0.717, 1.165) is 7.11 Å². The number of carbonyl (C=O) groups excluding carboxylic acids is 2. The van der Waals surface area contributed by atoms with Crippen LogP contribution in [0.15, 0.2) is 54.6 Å². The van der Waals surface area contributed by atoms with Gasteiger partial charge in [-0.05, 0) is 18.6 Å². The minimum Gasteiger partial charge on any atom is -0.467 e. The van der Waals surface area contributed by atoms with E-state index in [0.29, 0.717) is 11.1 Å². The van der Waals surface area contributed by atoms with Crippen molar-refractivity contribution in [2.24, 2.45) is 0 Å². The Labute approximate surface area is 170 Å². The van der Waals surface area contributed by atoms with Gasteiger partial charge in [0, 0.05) is 22.2 Å². The van der Waals surface area contributed by atoms with E-state index in [-0.39, 0.29) is 17.7 Å². The van der Waals surface area contributed by atoms with Crippen molar-refractivity contribution in [3.05, 3.63) is 71.4 Å². The third-order valence-corrected chi connectivity index (χ3v) is 4.69. The topological polar surface area (TPSA) is 80.4 Å². The van der Waals surface area contributed by atoms with Gasteiger partial charge >= 0.3 is 18.2 Å². The number of benzene rings is 2. The molecule has 2 aromatic carbocycles. The number of hydrogen-bond donors (Lipinski definition) is 2. The maximum atomic E-state index is 14.4. The summed E-state index contributed by atoms with van der Waals surface area (Å²) < 4.78 is 52.7. The molecular weight excluding hydrogens is 401 g/mol. The molecule has 1 aromatic heterocycles. The third kappa shape index (κ3) is 3.70. The number of aromatic amines is 1. The van der Waals surface area contributed by atoms with Gasteiger partial charge in [0.25, 0.3) is 5.54 Å². The van der Waals surface area contributed by atoms with Gasteiger partial charge in [-0.25, -0.2) is 9.59 Å². The van der Waals surface area contributed by atoms with Crippen molar-refractivity contribution >= 4 is 23.0 Å². The maximum absolute atomic E-state index is 14.4. The second-order valence-corrected chi connectivity index (χ2v) is 6.60. The zero-order chi connectivity index (χ0) is 21.9. The van der Waals surface area contributed by atoms with E-state index in [1.807, 2.05) is 0 Å². The second kappa shape index (κ2) is 8.10. The molecule has 1 heterocycles. The number of aryl methyl sites for hydroxylation is 1. The number of fused-ring (bicyclic) bond motifs is 1. The fraction of sp³-hybridized carbons (Fsp3) is 0.238. The van der Waals surface area contributed by atoms with Crippen LogP contribution < -0.4 is 5.32 Å². The molecule has 1 atom stereocenters. The molecule has 6 nitrogen and oxygen atoms in total. The van der Waals surface area contributed by atoms with Crippen molar-refractivity contribution in [1.82, 2.24) is 10.3 Å². The first-order valence-electron chi connectivity index (χ1n) is 8.92. The van der Waals surface area contributed by atoms with Gasteiger partial charge in [0.1, 0.15) is 6.61 Å². The quantitative estimate of drug-likeness (QED) is 0.602. The van der Waals surface area contributed by atoms with E-state index in [2.05, 4.69) is 9.72 Å². The van der Waals surface area contributed by atoms with Crippen LogP contribution in [0.4, 0.5) is 18.0 Å². The molecule has 3 rings (SSSR count). The van der Waals surface area contributed by atoms with E-state index in [9.17, 15) is 22.8 Å². The van der Waals surface area contributed by atoms with Gasteiger partial charge in [-0.15, -0.1) is 0 Å². The standard InChI is InChI=1S/C21H19F3N2O4/c1-13-17(15-10-6-7-11-16(15)25-13)20(18(27)29-2,21(22,23)24)26-19(28)30-12-14-8-4-3-5-9-14/h3-11,25H,12H2,1-2H3,(H,26,28)/t20-/m1/s1. The highest BCUT2D eigenvalue weighted by Gasteiger charge is 2.65. The molecule has 0 fully saturated rings. The molecule has 0 aliphatic rings. The molecule has 0 spiro atoms. The van der Waals surface area contributed by atoms with Crippen LogP contribution >= 0.6 is 0 Å². The number of H-pyrrole nitrogens is 1. The predicted octanol–water partition coefficient (Wildman–Crippen LogP) is 4.33. The average molecular weight is 420 g/mol. The fourth-order valence-corrected chi connectivity index (χ4v) is 3.37. The minimum atomic E-state index is -5.22. The zero-order valence-electron chi connectivity index (χ0n) is 16.2. The lowest BCUT2D eigenvalue weighted by atomic mass is 9.86. The Morgan fingerprint density at radius 1 is 1.03 bits per heavy atom. The van der Waals surface area contributed by atoms with Crippen LogP contribution in [0.5, 0.6) is 0 Å². The molecular formula is C21H19F3N2O4. The highest BCUT2D eigenvalue weighted by molar-refractivity contribution is 5.96. The van der Waals surface area contributed by atoms with Crippen molar-refractivity contribution in [1.29, 1.82) is 0 Å². The fourth-order valence-electron chi connectivity index (χ4n) is 3.37. The molecule has 3 aromatic rings. The van der Waals surface area contributed by atoms with Gasteiger partial charge in [0.2, 0.25) is 0 Å². The van der Waals surface area contributed by atoms with E-state index in [4.69, 9.17) is 4.74 Å². The van der Waals surface area contributed by atoms with E-state index < -0.39 is 29.3 Å². The number of rotatable bonds is 5. The minimum absolute atomic E-state index is 0.0577. The van der Waals surface area contributed by atoms with Crippen LogP contribution in [-0.4, -0.2) is 30.3 Å². The summed E-state index contributed by atoms with van der Waals surface area (Å²) in [5, 5.41) is 1.87. The van der Waals surface area contributed by atoms with Crippen LogP contribution in [-0.2, 0) is 26.4 Å². The smallest absolute Gasteiger partial charge is 0.427 e. The molecule has 0 saturated heterocycles. The largest absolute Gasteiger partial charge is 0.467 e. The van der Waals surface area contributed by atoms with Crippen molar-refractivity contribution in [3.63, 3.8) is 0 Å². The Morgan fingerprint density at radius 3 is 2.30 bits per heavy atom. The van der Waals surface area contributed by atoms with E-state index >= 15 is 0 Å². The lowest BCUT2D eigenvalue weighted by Crippen LogP contribution is -2.62. The van der Waals surface area contributed by atoms with Crippen molar-refractivity contribution in [2.45, 2.75) is 25.2 Å². The van der Waals surface area contributed by atoms with Gasteiger partial charge in [0.15, 0.2) is 0 Å². The molecule has 158 valence electrons. The first kappa shape index (κ1) is 21.2. The number of para-hydroxylation sites is 1. The third-order valence-electron chi connectivity index (χ3n) is 4.69. The number of aromatic nitrogens is 1. The molecule has 0 aliphatic carbocycles. The molecule has 1 amide bonds. The zero-order valence-corrected chi connectivity index (χ0v) is 16.2. The number of esters is 1. The van der Waals surface area contributed by atoms with Gasteiger partial charge in [-0.2, -0.15) is 13.2 Å². The summed E-state index contributed by atoms with van der Waals surface area (Å²) in [5.41, 5.74) is -2.90. The summed E-state index contributed by atoms with van der Waals surface area (Å²) >= 11 is 0. The van der Waals surface area contributed by atoms with Crippen molar-refractivity contribution in [3.8, 4) is 0 Å². The molecule has 0 saturated carbocycles. The number of amides is 1. The van der Waals surface area contributed by atoms with Crippen LogP contribution in [0.1, 0.15) is 16.8 Å². The summed E-state index contributed by atoms with van der Waals surface area (Å²) in [6.07, 6.45) is -6.63. The summed E-state index contributed by atoms with van der Waals surface area (Å²) in [4.78, 5) is 27.8.